The van der Waals surface area contributed by atoms with Crippen molar-refractivity contribution in [3.63, 3.8) is 0 Å². The maximum atomic E-state index is 11.2. The van der Waals surface area contributed by atoms with Crippen LogP contribution in [0.1, 0.15) is 18.4 Å². The monoisotopic (exact) mass is 308 g/mol. The molecule has 0 saturated carbocycles. The smallest absolute Gasteiger partial charge is 0.119 e. The first-order valence-corrected chi connectivity index (χ1v) is 8.55. The molecule has 1 atom stereocenters. The Morgan fingerprint density at radius 1 is 1.38 bits per heavy atom. The van der Waals surface area contributed by atoms with E-state index in [0.29, 0.717) is 23.9 Å². The van der Waals surface area contributed by atoms with Gasteiger partial charge >= 0.3 is 0 Å². The van der Waals surface area contributed by atoms with Crippen LogP contribution in [0.5, 0.6) is 5.75 Å². The minimum absolute atomic E-state index is 0.206. The van der Waals surface area contributed by atoms with Crippen LogP contribution < -0.4 is 10.1 Å². The van der Waals surface area contributed by atoms with Crippen molar-refractivity contribution < 1.29 is 14.1 Å². The number of benzene rings is 1. The lowest BCUT2D eigenvalue weighted by atomic mass is 10.1. The summed E-state index contributed by atoms with van der Waals surface area (Å²) < 4.78 is 16.7. The minimum Gasteiger partial charge on any atom is -0.491 e. The second-order valence-electron chi connectivity index (χ2n) is 5.13. The molecule has 1 aromatic carbocycles. The van der Waals surface area contributed by atoms with Crippen molar-refractivity contribution in [2.75, 3.05) is 24.7 Å². The highest BCUT2D eigenvalue weighted by Crippen LogP contribution is 2.12. The van der Waals surface area contributed by atoms with E-state index in [1.807, 2.05) is 6.07 Å². The lowest BCUT2D eigenvalue weighted by Crippen LogP contribution is -2.41. The predicted octanol–water partition coefficient (Wildman–Crippen LogP) is 0.799. The van der Waals surface area contributed by atoms with Crippen LogP contribution in [0.25, 0.3) is 0 Å². The summed E-state index contributed by atoms with van der Waals surface area (Å²) in [5.41, 5.74) is 0.583. The predicted molar refractivity (Wildman–Crippen MR) is 81.6 cm³/mol. The Kier molecular flexibility index (Phi) is 6.18. The van der Waals surface area contributed by atoms with Gasteiger partial charge in [0.1, 0.15) is 18.5 Å². The minimum atomic E-state index is -0.656. The third-order valence-electron chi connectivity index (χ3n) is 3.46. The van der Waals surface area contributed by atoms with Crippen LogP contribution >= 0.6 is 0 Å². The van der Waals surface area contributed by atoms with E-state index in [2.05, 4.69) is 5.32 Å². The molecule has 1 aliphatic rings. The average Bonchev–Trinajstić information content (AvgIpc) is 2.53. The van der Waals surface area contributed by atoms with Gasteiger partial charge in [-0.25, -0.2) is 0 Å². The zero-order chi connectivity index (χ0) is 15.1. The number of nitrogens with zero attached hydrogens (tertiary/aromatic N) is 1. The molecule has 114 valence electrons. The fourth-order valence-electron chi connectivity index (χ4n) is 2.18. The molecule has 1 heterocycles. The van der Waals surface area contributed by atoms with E-state index in [9.17, 15) is 9.32 Å². The molecule has 6 heteroatoms. The van der Waals surface area contributed by atoms with E-state index in [0.717, 1.165) is 24.3 Å². The summed E-state index contributed by atoms with van der Waals surface area (Å²) in [5.74, 6) is 2.13. The van der Waals surface area contributed by atoms with Crippen LogP contribution in [0.3, 0.4) is 0 Å². The Balaban J connectivity index is 1.66. The third kappa shape index (κ3) is 5.46. The summed E-state index contributed by atoms with van der Waals surface area (Å²) in [6.07, 6.45) is 1.21. The maximum absolute atomic E-state index is 11.2. The highest BCUT2D eigenvalue weighted by atomic mass is 32.2. The number of hydrogen-bond donors (Lipinski definition) is 2. The van der Waals surface area contributed by atoms with Gasteiger partial charge in [-0.05, 0) is 37.1 Å². The zero-order valence-corrected chi connectivity index (χ0v) is 12.6. The molecule has 1 aliphatic heterocycles. The third-order valence-corrected chi connectivity index (χ3v) is 4.84. The lowest BCUT2D eigenvalue weighted by Gasteiger charge is -2.24. The number of nitrogens with one attached hydrogen (secondary N) is 1. The van der Waals surface area contributed by atoms with Crippen LogP contribution in [0.4, 0.5) is 0 Å². The van der Waals surface area contributed by atoms with Gasteiger partial charge in [0.25, 0.3) is 0 Å². The second-order valence-corrected chi connectivity index (χ2v) is 6.83. The molecular formula is C15H20N2O3S. The summed E-state index contributed by atoms with van der Waals surface area (Å²) in [6, 6.07) is 9.18. The fraction of sp³-hybridized carbons (Fsp3) is 0.533. The van der Waals surface area contributed by atoms with Gasteiger partial charge in [0, 0.05) is 34.9 Å². The van der Waals surface area contributed by atoms with Gasteiger partial charge in [-0.3, -0.25) is 4.21 Å². The van der Waals surface area contributed by atoms with Gasteiger partial charge in [-0.2, -0.15) is 5.26 Å². The van der Waals surface area contributed by atoms with E-state index in [1.54, 1.807) is 24.3 Å². The molecule has 0 aliphatic carbocycles. The Morgan fingerprint density at radius 3 is 2.67 bits per heavy atom. The van der Waals surface area contributed by atoms with Crippen molar-refractivity contribution in [3.05, 3.63) is 29.8 Å². The summed E-state index contributed by atoms with van der Waals surface area (Å²) in [6.45, 7) is 0.672. The van der Waals surface area contributed by atoms with Crippen molar-refractivity contribution in [1.29, 1.82) is 5.26 Å². The summed E-state index contributed by atoms with van der Waals surface area (Å²) in [7, 11) is -0.656. The van der Waals surface area contributed by atoms with Crippen molar-refractivity contribution in [2.24, 2.45) is 0 Å². The van der Waals surface area contributed by atoms with Crippen LogP contribution in [-0.4, -0.2) is 46.1 Å². The van der Waals surface area contributed by atoms with Crippen molar-refractivity contribution >= 4 is 10.8 Å². The normalized spacial score (nSPS) is 23.2. The first-order chi connectivity index (χ1) is 10.2. The molecule has 0 aromatic heterocycles. The zero-order valence-electron chi connectivity index (χ0n) is 11.8. The van der Waals surface area contributed by atoms with Gasteiger partial charge < -0.3 is 15.2 Å². The largest absolute Gasteiger partial charge is 0.491 e. The first-order valence-electron chi connectivity index (χ1n) is 7.07. The molecule has 2 N–H and O–H groups in total. The van der Waals surface area contributed by atoms with Gasteiger partial charge in [-0.1, -0.05) is 0 Å². The summed E-state index contributed by atoms with van der Waals surface area (Å²) in [4.78, 5) is 0. The molecule has 0 spiro atoms. The number of aliphatic hydroxyl groups is 1. The van der Waals surface area contributed by atoms with E-state index in [1.165, 1.54) is 0 Å². The van der Waals surface area contributed by atoms with E-state index in [4.69, 9.17) is 10.00 Å². The second kappa shape index (κ2) is 8.13. The molecular weight excluding hydrogens is 288 g/mol. The quantitative estimate of drug-likeness (QED) is 0.812. The molecule has 1 saturated heterocycles. The van der Waals surface area contributed by atoms with Gasteiger partial charge in [-0.15, -0.1) is 0 Å². The van der Waals surface area contributed by atoms with Gasteiger partial charge in [0.2, 0.25) is 0 Å². The van der Waals surface area contributed by atoms with E-state index in [-0.39, 0.29) is 6.61 Å². The number of nitriles is 1. The number of rotatable bonds is 6. The van der Waals surface area contributed by atoms with Crippen molar-refractivity contribution in [2.45, 2.75) is 25.0 Å². The highest BCUT2D eigenvalue weighted by Gasteiger charge is 2.18. The first kappa shape index (κ1) is 16.0. The maximum Gasteiger partial charge on any atom is 0.119 e. The Labute approximate surface area is 127 Å². The Bertz CT molecular complexity index is 503. The molecule has 0 bridgehead atoms. The fourth-order valence-corrected chi connectivity index (χ4v) is 3.48. The topological polar surface area (TPSA) is 82.3 Å². The van der Waals surface area contributed by atoms with E-state index < -0.39 is 16.9 Å². The van der Waals surface area contributed by atoms with Gasteiger partial charge in [0.15, 0.2) is 0 Å². The molecule has 0 radical (unpaired) electrons. The number of ether oxygens (including phenoxy) is 1. The molecule has 21 heavy (non-hydrogen) atoms. The standard InChI is InChI=1S/C15H20N2O3S/c16-9-12-1-3-15(4-2-12)20-11-14(18)10-17-13-5-7-21(19)8-6-13/h1-4,13-14,17-18H,5-8,10-11H2. The summed E-state index contributed by atoms with van der Waals surface area (Å²) >= 11 is 0. The average molecular weight is 308 g/mol. The molecule has 1 fully saturated rings. The number of aliphatic hydroxyl groups excluding tert-OH is 1. The van der Waals surface area contributed by atoms with Crippen LogP contribution in [0.15, 0.2) is 24.3 Å². The number of hydrogen-bond acceptors (Lipinski definition) is 5. The lowest BCUT2D eigenvalue weighted by molar-refractivity contribution is 0.103. The van der Waals surface area contributed by atoms with Crippen LogP contribution in [0, 0.1) is 11.3 Å². The van der Waals surface area contributed by atoms with Crippen LogP contribution in [0.2, 0.25) is 0 Å². The van der Waals surface area contributed by atoms with Crippen LogP contribution in [-0.2, 0) is 10.8 Å². The Hall–Kier alpha value is -1.42. The SMILES string of the molecule is N#Cc1ccc(OCC(O)CNC2CCS(=O)CC2)cc1. The molecule has 1 aromatic rings. The highest BCUT2D eigenvalue weighted by molar-refractivity contribution is 7.85. The Morgan fingerprint density at radius 2 is 2.05 bits per heavy atom. The van der Waals surface area contributed by atoms with Crippen molar-refractivity contribution in [1.82, 2.24) is 5.32 Å². The molecule has 2 rings (SSSR count). The van der Waals surface area contributed by atoms with Gasteiger partial charge in [0.05, 0.1) is 11.6 Å². The van der Waals surface area contributed by atoms with Crippen molar-refractivity contribution in [3.8, 4) is 11.8 Å². The molecule has 5 nitrogen and oxygen atoms in total. The molecule has 1 unspecified atom stereocenters. The molecule has 0 amide bonds. The van der Waals surface area contributed by atoms with E-state index >= 15 is 0 Å². The summed E-state index contributed by atoms with van der Waals surface area (Å²) in [5, 5.41) is 21.9.